The number of anilines is 2. The zero-order chi connectivity index (χ0) is 16.7. The maximum Gasteiger partial charge on any atom is 0.265 e. The molecule has 0 aliphatic carbocycles. The van der Waals surface area contributed by atoms with E-state index in [1.54, 1.807) is 23.8 Å². The highest BCUT2D eigenvalue weighted by molar-refractivity contribution is 6.00. The second-order valence-electron chi connectivity index (χ2n) is 5.95. The smallest absolute Gasteiger partial charge is 0.265 e. The van der Waals surface area contributed by atoms with Gasteiger partial charge >= 0.3 is 0 Å². The Kier molecular flexibility index (Phi) is 3.70. The molecule has 1 aliphatic rings. The molecule has 2 N–H and O–H groups in total. The number of nitrogens with zero attached hydrogens (tertiary/aromatic N) is 6. The van der Waals surface area contributed by atoms with E-state index in [1.807, 2.05) is 14.1 Å². The van der Waals surface area contributed by atoms with Crippen molar-refractivity contribution in [2.24, 2.45) is 7.05 Å². The topological polar surface area (TPSA) is 106 Å². The third kappa shape index (κ3) is 2.51. The molecule has 3 heterocycles. The quantitative estimate of drug-likeness (QED) is 0.889. The van der Waals surface area contributed by atoms with E-state index in [4.69, 9.17) is 10.3 Å². The zero-order valence-corrected chi connectivity index (χ0v) is 13.8. The molecule has 23 heavy (non-hydrogen) atoms. The summed E-state index contributed by atoms with van der Waals surface area (Å²) >= 11 is 0. The Balaban J connectivity index is 1.90. The van der Waals surface area contributed by atoms with Crippen molar-refractivity contribution in [3.63, 3.8) is 0 Å². The summed E-state index contributed by atoms with van der Waals surface area (Å²) in [6.45, 7) is 2.42. The Morgan fingerprint density at radius 1 is 1.43 bits per heavy atom. The van der Waals surface area contributed by atoms with E-state index in [1.165, 1.54) is 4.68 Å². The molecule has 2 aromatic heterocycles. The van der Waals surface area contributed by atoms with Gasteiger partial charge in [0.05, 0.1) is 5.69 Å². The second kappa shape index (κ2) is 5.56. The monoisotopic (exact) mass is 319 g/mol. The molecular weight excluding hydrogens is 298 g/mol. The number of aryl methyl sites for hydroxylation is 2. The van der Waals surface area contributed by atoms with Crippen molar-refractivity contribution in [3.05, 3.63) is 17.1 Å². The van der Waals surface area contributed by atoms with Gasteiger partial charge in [-0.05, 0) is 24.9 Å². The molecule has 1 unspecified atom stereocenters. The molecule has 1 aliphatic heterocycles. The van der Waals surface area contributed by atoms with Crippen LogP contribution >= 0.6 is 0 Å². The fraction of sp³-hybridized carbons (Fsp3) is 0.571. The lowest BCUT2D eigenvalue weighted by Crippen LogP contribution is -2.31. The Morgan fingerprint density at radius 2 is 2.17 bits per heavy atom. The third-order valence-corrected chi connectivity index (χ3v) is 4.11. The van der Waals surface area contributed by atoms with Crippen LogP contribution in [0.5, 0.6) is 0 Å². The second-order valence-corrected chi connectivity index (χ2v) is 5.95. The Morgan fingerprint density at radius 3 is 2.74 bits per heavy atom. The summed E-state index contributed by atoms with van der Waals surface area (Å²) in [5, 5.41) is 8.14. The van der Waals surface area contributed by atoms with Crippen LogP contribution < -0.4 is 10.6 Å². The van der Waals surface area contributed by atoms with Gasteiger partial charge in [-0.2, -0.15) is 10.1 Å². The fourth-order valence-electron chi connectivity index (χ4n) is 2.89. The lowest BCUT2D eigenvalue weighted by Gasteiger charge is -2.21. The Hall–Kier alpha value is -2.58. The minimum atomic E-state index is -0.220. The molecule has 1 atom stereocenters. The first-order valence-electron chi connectivity index (χ1n) is 7.51. The van der Waals surface area contributed by atoms with Gasteiger partial charge in [0.25, 0.3) is 17.7 Å². The summed E-state index contributed by atoms with van der Waals surface area (Å²) in [5.74, 6) is 1.19. The van der Waals surface area contributed by atoms with Gasteiger partial charge in [-0.25, -0.2) is 0 Å². The van der Waals surface area contributed by atoms with Gasteiger partial charge in [-0.1, -0.05) is 0 Å². The normalized spacial score (nSPS) is 17.7. The SMILES string of the molecule is Cc1nn(C)c(N)c1C(=O)N1CCCC1c1nc(N(C)C)no1. The lowest BCUT2D eigenvalue weighted by atomic mass is 10.1. The van der Waals surface area contributed by atoms with Crippen LogP contribution in [0.15, 0.2) is 4.52 Å². The minimum Gasteiger partial charge on any atom is -0.383 e. The summed E-state index contributed by atoms with van der Waals surface area (Å²) < 4.78 is 6.86. The number of nitrogens with two attached hydrogens (primary N) is 1. The number of amides is 1. The number of carbonyl (C=O) groups is 1. The van der Waals surface area contributed by atoms with E-state index in [0.717, 1.165) is 12.8 Å². The standard InChI is InChI=1S/C14H21N7O2/c1-8-10(11(15)20(4)17-8)13(22)21-7-5-6-9(21)12-16-14(18-23-12)19(2)3/h9H,5-7,15H2,1-4H3. The van der Waals surface area contributed by atoms with Crippen molar-refractivity contribution in [3.8, 4) is 0 Å². The summed E-state index contributed by atoms with van der Waals surface area (Å²) in [5.41, 5.74) is 7.07. The van der Waals surface area contributed by atoms with Crippen LogP contribution in [0.3, 0.4) is 0 Å². The Labute approximate surface area is 134 Å². The van der Waals surface area contributed by atoms with Crippen molar-refractivity contribution in [1.82, 2.24) is 24.8 Å². The lowest BCUT2D eigenvalue weighted by molar-refractivity contribution is 0.0710. The minimum absolute atomic E-state index is 0.139. The molecule has 0 aromatic carbocycles. The average Bonchev–Trinajstić information content (AvgIpc) is 3.19. The van der Waals surface area contributed by atoms with Crippen molar-refractivity contribution in [2.45, 2.75) is 25.8 Å². The van der Waals surface area contributed by atoms with Gasteiger partial charge in [0.2, 0.25) is 0 Å². The van der Waals surface area contributed by atoms with E-state index in [2.05, 4.69) is 15.2 Å². The van der Waals surface area contributed by atoms with Gasteiger partial charge in [-0.15, -0.1) is 0 Å². The maximum absolute atomic E-state index is 12.9. The van der Waals surface area contributed by atoms with E-state index < -0.39 is 0 Å². The van der Waals surface area contributed by atoms with Gasteiger partial charge in [0, 0.05) is 27.7 Å². The van der Waals surface area contributed by atoms with Crippen LogP contribution in [0.2, 0.25) is 0 Å². The molecule has 0 saturated carbocycles. The van der Waals surface area contributed by atoms with Crippen LogP contribution in [-0.2, 0) is 7.05 Å². The highest BCUT2D eigenvalue weighted by Gasteiger charge is 2.36. The molecular formula is C14H21N7O2. The molecule has 2 aromatic rings. The number of carbonyl (C=O) groups excluding carboxylic acids is 1. The van der Waals surface area contributed by atoms with Crippen molar-refractivity contribution >= 4 is 17.7 Å². The molecule has 1 fully saturated rings. The van der Waals surface area contributed by atoms with Gasteiger partial charge in [0.1, 0.15) is 17.4 Å². The van der Waals surface area contributed by atoms with Crippen LogP contribution in [-0.4, -0.2) is 51.4 Å². The van der Waals surface area contributed by atoms with Crippen LogP contribution in [0.4, 0.5) is 11.8 Å². The summed E-state index contributed by atoms with van der Waals surface area (Å²) in [4.78, 5) is 20.8. The molecule has 0 radical (unpaired) electrons. The van der Waals surface area contributed by atoms with E-state index in [9.17, 15) is 4.79 Å². The van der Waals surface area contributed by atoms with E-state index in [-0.39, 0.29) is 11.9 Å². The number of nitrogen functional groups attached to an aromatic ring is 1. The molecule has 124 valence electrons. The number of hydrogen-bond acceptors (Lipinski definition) is 7. The van der Waals surface area contributed by atoms with Crippen LogP contribution in [0.25, 0.3) is 0 Å². The number of hydrogen-bond donors (Lipinski definition) is 1. The van der Waals surface area contributed by atoms with Crippen molar-refractivity contribution in [1.29, 1.82) is 0 Å². The molecule has 9 nitrogen and oxygen atoms in total. The van der Waals surface area contributed by atoms with E-state index >= 15 is 0 Å². The zero-order valence-electron chi connectivity index (χ0n) is 13.8. The van der Waals surface area contributed by atoms with E-state index in [0.29, 0.717) is 35.5 Å². The first-order valence-corrected chi connectivity index (χ1v) is 7.51. The first-order chi connectivity index (χ1) is 10.9. The number of rotatable bonds is 3. The molecule has 0 spiro atoms. The number of likely N-dealkylation sites (tertiary alicyclic amines) is 1. The number of aromatic nitrogens is 4. The molecule has 3 rings (SSSR count). The molecule has 1 amide bonds. The Bertz CT molecular complexity index is 734. The predicted molar refractivity (Wildman–Crippen MR) is 84.0 cm³/mol. The average molecular weight is 319 g/mol. The van der Waals surface area contributed by atoms with Gasteiger partial charge < -0.3 is 20.1 Å². The van der Waals surface area contributed by atoms with Crippen molar-refractivity contribution in [2.75, 3.05) is 31.3 Å². The molecule has 1 saturated heterocycles. The van der Waals surface area contributed by atoms with Crippen LogP contribution in [0, 0.1) is 6.92 Å². The van der Waals surface area contributed by atoms with Gasteiger partial charge in [0.15, 0.2) is 0 Å². The highest BCUT2D eigenvalue weighted by atomic mass is 16.5. The third-order valence-electron chi connectivity index (χ3n) is 4.11. The summed E-state index contributed by atoms with van der Waals surface area (Å²) in [6, 6.07) is -0.220. The summed E-state index contributed by atoms with van der Waals surface area (Å²) in [7, 11) is 5.40. The predicted octanol–water partition coefficient (Wildman–Crippen LogP) is 0.737. The highest BCUT2D eigenvalue weighted by Crippen LogP contribution is 2.34. The van der Waals surface area contributed by atoms with Crippen LogP contribution in [0.1, 0.15) is 40.8 Å². The van der Waals surface area contributed by atoms with Crippen molar-refractivity contribution < 1.29 is 9.32 Å². The van der Waals surface area contributed by atoms with Gasteiger partial charge in [-0.3, -0.25) is 9.48 Å². The molecule has 0 bridgehead atoms. The summed E-state index contributed by atoms with van der Waals surface area (Å²) in [6.07, 6.45) is 1.68. The largest absolute Gasteiger partial charge is 0.383 e. The maximum atomic E-state index is 12.9. The first kappa shape index (κ1) is 15.3. The molecule has 9 heteroatoms. The fourth-order valence-corrected chi connectivity index (χ4v) is 2.89.